The van der Waals surface area contributed by atoms with Gasteiger partial charge in [0.15, 0.2) is 9.84 Å². The maximum Gasteiger partial charge on any atom is 0.250 e. The first-order valence-electron chi connectivity index (χ1n) is 10.2. The number of primary amides is 1. The zero-order chi connectivity index (χ0) is 21.6. The highest BCUT2D eigenvalue weighted by Gasteiger charge is 2.36. The molecule has 31 heavy (non-hydrogen) atoms. The van der Waals surface area contributed by atoms with E-state index in [2.05, 4.69) is 11.1 Å². The predicted molar refractivity (Wildman–Crippen MR) is 125 cm³/mol. The molecule has 0 spiro atoms. The molecule has 4 aromatic rings. The molecule has 2 atom stereocenters. The molecule has 0 aliphatic carbocycles. The van der Waals surface area contributed by atoms with Crippen LogP contribution in [-0.4, -0.2) is 25.1 Å². The van der Waals surface area contributed by atoms with E-state index in [-0.39, 0.29) is 11.7 Å². The quantitative estimate of drug-likeness (QED) is 0.457. The van der Waals surface area contributed by atoms with Gasteiger partial charge in [-0.3, -0.25) is 4.79 Å². The minimum atomic E-state index is -3.20. The summed E-state index contributed by atoms with van der Waals surface area (Å²) in [5.41, 5.74) is 10.7. The van der Waals surface area contributed by atoms with Crippen molar-refractivity contribution >= 4 is 38.0 Å². The number of thiophene rings is 1. The fraction of sp³-hybridized carbons (Fsp3) is 0.208. The number of rotatable bonds is 4. The van der Waals surface area contributed by atoms with Gasteiger partial charge in [-0.2, -0.15) is 11.3 Å². The van der Waals surface area contributed by atoms with Crippen molar-refractivity contribution in [1.29, 1.82) is 0 Å². The third kappa shape index (κ3) is 3.58. The summed E-state index contributed by atoms with van der Waals surface area (Å²) in [6.45, 7) is 0. The topological polar surface area (TPSA) is 93.0 Å². The largest absolute Gasteiger partial charge is 0.366 e. The van der Waals surface area contributed by atoms with Gasteiger partial charge in [0.25, 0.3) is 5.91 Å². The second-order valence-corrected chi connectivity index (χ2v) is 11.1. The molecule has 1 fully saturated rings. The number of nitrogens with two attached hydrogens (primary N) is 1. The van der Waals surface area contributed by atoms with Crippen molar-refractivity contribution < 1.29 is 13.2 Å². The SMILES string of the molecule is NC(=O)c1cc(-c2ccsc2)cc2c([C@H]3CCS(=O)(=O)[C@@H](c4ccccc4)C3)c[nH]c12. The molecule has 3 heterocycles. The minimum Gasteiger partial charge on any atom is -0.366 e. The van der Waals surface area contributed by atoms with Crippen LogP contribution in [0.25, 0.3) is 22.0 Å². The summed E-state index contributed by atoms with van der Waals surface area (Å²) < 4.78 is 25.7. The fourth-order valence-corrected chi connectivity index (χ4v) is 7.31. The molecule has 0 unspecified atom stereocenters. The molecule has 158 valence electrons. The van der Waals surface area contributed by atoms with Gasteiger partial charge in [0.2, 0.25) is 0 Å². The van der Waals surface area contributed by atoms with Gasteiger partial charge in [-0.25, -0.2) is 8.42 Å². The first kappa shape index (κ1) is 20.0. The molecule has 1 aliphatic heterocycles. The van der Waals surface area contributed by atoms with Crippen LogP contribution in [0.15, 0.2) is 65.5 Å². The monoisotopic (exact) mass is 450 g/mol. The molecular weight excluding hydrogens is 428 g/mol. The van der Waals surface area contributed by atoms with Crippen molar-refractivity contribution in [1.82, 2.24) is 4.98 Å². The van der Waals surface area contributed by atoms with E-state index in [1.165, 1.54) is 0 Å². The van der Waals surface area contributed by atoms with Crippen LogP contribution < -0.4 is 5.73 Å². The number of hydrogen-bond donors (Lipinski definition) is 2. The third-order valence-electron chi connectivity index (χ3n) is 6.24. The summed E-state index contributed by atoms with van der Waals surface area (Å²) in [6, 6.07) is 15.4. The Morgan fingerprint density at radius 1 is 1.10 bits per heavy atom. The summed E-state index contributed by atoms with van der Waals surface area (Å²) in [6.07, 6.45) is 3.00. The van der Waals surface area contributed by atoms with Gasteiger partial charge in [-0.05, 0) is 70.0 Å². The number of carbonyl (C=O) groups excluding carboxylic acids is 1. The van der Waals surface area contributed by atoms with Gasteiger partial charge in [0.05, 0.1) is 22.1 Å². The predicted octanol–water partition coefficient (Wildman–Crippen LogP) is 5.03. The van der Waals surface area contributed by atoms with Gasteiger partial charge in [-0.15, -0.1) is 0 Å². The van der Waals surface area contributed by atoms with Gasteiger partial charge < -0.3 is 10.7 Å². The minimum absolute atomic E-state index is 0.0703. The van der Waals surface area contributed by atoms with Crippen LogP contribution in [0.3, 0.4) is 0 Å². The Morgan fingerprint density at radius 3 is 2.61 bits per heavy atom. The number of H-pyrrole nitrogens is 1. The van der Waals surface area contributed by atoms with Crippen LogP contribution in [0, 0.1) is 0 Å². The smallest absolute Gasteiger partial charge is 0.250 e. The van der Waals surface area contributed by atoms with E-state index in [0.717, 1.165) is 27.6 Å². The lowest BCUT2D eigenvalue weighted by Crippen LogP contribution is -2.26. The molecule has 0 saturated carbocycles. The molecule has 2 aromatic carbocycles. The average Bonchev–Trinajstić information content (AvgIpc) is 3.44. The molecule has 1 aliphatic rings. The number of fused-ring (bicyclic) bond motifs is 1. The summed E-state index contributed by atoms with van der Waals surface area (Å²) >= 11 is 1.60. The molecular formula is C24H22N2O3S2. The molecule has 1 saturated heterocycles. The Balaban J connectivity index is 1.61. The zero-order valence-electron chi connectivity index (χ0n) is 16.7. The second kappa shape index (κ2) is 7.66. The lowest BCUT2D eigenvalue weighted by Gasteiger charge is -2.29. The van der Waals surface area contributed by atoms with Gasteiger partial charge in [0, 0.05) is 11.6 Å². The Kier molecular flexibility index (Phi) is 4.95. The first-order chi connectivity index (χ1) is 14.9. The second-order valence-electron chi connectivity index (χ2n) is 8.05. The van der Waals surface area contributed by atoms with E-state index in [1.54, 1.807) is 11.3 Å². The summed E-state index contributed by atoms with van der Waals surface area (Å²) in [4.78, 5) is 15.4. The maximum absolute atomic E-state index is 12.8. The van der Waals surface area contributed by atoms with Crippen molar-refractivity contribution in [3.05, 3.63) is 82.2 Å². The lowest BCUT2D eigenvalue weighted by molar-refractivity contribution is 0.100. The molecule has 7 heteroatoms. The van der Waals surface area contributed by atoms with Crippen LogP contribution in [-0.2, 0) is 9.84 Å². The molecule has 5 rings (SSSR count). The van der Waals surface area contributed by atoms with E-state index < -0.39 is 21.0 Å². The van der Waals surface area contributed by atoms with Crippen LogP contribution >= 0.6 is 11.3 Å². The van der Waals surface area contributed by atoms with E-state index in [4.69, 9.17) is 5.73 Å². The van der Waals surface area contributed by atoms with E-state index in [9.17, 15) is 13.2 Å². The number of benzene rings is 2. The zero-order valence-corrected chi connectivity index (χ0v) is 18.4. The number of sulfone groups is 1. The molecule has 0 radical (unpaired) electrons. The number of hydrogen-bond acceptors (Lipinski definition) is 4. The van der Waals surface area contributed by atoms with Crippen LogP contribution in [0.2, 0.25) is 0 Å². The summed E-state index contributed by atoms with van der Waals surface area (Å²) in [7, 11) is -3.20. The Labute approximate surface area is 184 Å². The summed E-state index contributed by atoms with van der Waals surface area (Å²) in [5.74, 6) is -0.263. The third-order valence-corrected chi connectivity index (χ3v) is 9.06. The highest BCUT2D eigenvalue weighted by Crippen LogP contribution is 2.44. The van der Waals surface area contributed by atoms with Gasteiger partial charge in [-0.1, -0.05) is 30.3 Å². The first-order valence-corrected chi connectivity index (χ1v) is 12.8. The maximum atomic E-state index is 12.8. The van der Waals surface area contributed by atoms with E-state index >= 15 is 0 Å². The van der Waals surface area contributed by atoms with Gasteiger partial charge >= 0.3 is 0 Å². The van der Waals surface area contributed by atoms with Crippen molar-refractivity contribution in [3.63, 3.8) is 0 Å². The highest BCUT2D eigenvalue weighted by atomic mass is 32.2. The van der Waals surface area contributed by atoms with Gasteiger partial charge in [0.1, 0.15) is 0 Å². The molecule has 1 amide bonds. The van der Waals surface area contributed by atoms with Crippen molar-refractivity contribution in [2.24, 2.45) is 5.73 Å². The number of nitrogens with one attached hydrogen (secondary N) is 1. The van der Waals surface area contributed by atoms with Crippen LogP contribution in [0.4, 0.5) is 0 Å². The summed E-state index contributed by atoms with van der Waals surface area (Å²) in [5, 5.41) is 4.45. The number of amides is 1. The number of carbonyl (C=O) groups is 1. The average molecular weight is 451 g/mol. The van der Waals surface area contributed by atoms with Crippen molar-refractivity contribution in [2.75, 3.05) is 5.75 Å². The Morgan fingerprint density at radius 2 is 1.90 bits per heavy atom. The molecule has 2 aromatic heterocycles. The molecule has 3 N–H and O–H groups in total. The highest BCUT2D eigenvalue weighted by molar-refractivity contribution is 7.91. The van der Waals surface area contributed by atoms with Crippen molar-refractivity contribution in [3.8, 4) is 11.1 Å². The van der Waals surface area contributed by atoms with Crippen LogP contribution in [0.5, 0.6) is 0 Å². The van der Waals surface area contributed by atoms with E-state index in [0.29, 0.717) is 23.9 Å². The number of aromatic nitrogens is 1. The normalized spacial score (nSPS) is 20.6. The van der Waals surface area contributed by atoms with Crippen LogP contribution in [0.1, 0.15) is 45.5 Å². The standard InChI is InChI=1S/C24H22N2O3S2/c25-24(27)20-11-18(17-6-8-30-14-17)10-19-21(13-26-23(19)20)16-7-9-31(28,29)22(12-16)15-4-2-1-3-5-15/h1-6,8,10-11,13-14,16,22,26H,7,9,12H2,(H2,25,27)/t16-,22+/m0/s1. The molecule has 5 nitrogen and oxygen atoms in total. The Bertz CT molecular complexity index is 1360. The molecule has 0 bridgehead atoms. The lowest BCUT2D eigenvalue weighted by atomic mass is 9.88. The van der Waals surface area contributed by atoms with Crippen molar-refractivity contribution in [2.45, 2.75) is 24.0 Å². The number of aromatic amines is 1. The van der Waals surface area contributed by atoms with E-state index in [1.807, 2.05) is 59.4 Å². The fourth-order valence-electron chi connectivity index (χ4n) is 4.65. The Hall–Kier alpha value is -2.90.